The fraction of sp³-hybridized carbons (Fsp3) is 0.562. The number of Topliss-reactive ketones (excluding diaryl/α,β-unsaturated/α-hetero) is 1. The van der Waals surface area contributed by atoms with Gasteiger partial charge in [-0.15, -0.1) is 0 Å². The molecule has 0 aromatic heterocycles. The van der Waals surface area contributed by atoms with Gasteiger partial charge in [0.2, 0.25) is 0 Å². The van der Waals surface area contributed by atoms with Crippen LogP contribution in [0.25, 0.3) is 0 Å². The Bertz CT molecular complexity index is 497. The standard InChI is InChI=1S/C16H20Cl2O2/c1-3-20-16(8-4-5-11(2)10-16)15(19)12-6-7-13(17)14(18)9-12/h6-7,9,11H,3-5,8,10H2,1-2H3. The molecular weight excluding hydrogens is 295 g/mol. The maximum Gasteiger partial charge on any atom is 0.194 e. The highest BCUT2D eigenvalue weighted by molar-refractivity contribution is 6.42. The van der Waals surface area contributed by atoms with Gasteiger partial charge in [-0.3, -0.25) is 4.79 Å². The van der Waals surface area contributed by atoms with Crippen LogP contribution in [-0.2, 0) is 4.74 Å². The molecule has 0 aliphatic heterocycles. The first kappa shape index (κ1) is 15.8. The molecular formula is C16H20Cl2O2. The summed E-state index contributed by atoms with van der Waals surface area (Å²) in [5.74, 6) is 0.534. The highest BCUT2D eigenvalue weighted by Crippen LogP contribution is 2.38. The molecule has 2 atom stereocenters. The third-order valence-electron chi connectivity index (χ3n) is 3.97. The van der Waals surface area contributed by atoms with Crippen LogP contribution in [0.3, 0.4) is 0 Å². The van der Waals surface area contributed by atoms with Crippen LogP contribution >= 0.6 is 23.2 Å². The van der Waals surface area contributed by atoms with Gasteiger partial charge in [-0.2, -0.15) is 0 Å². The Morgan fingerprint density at radius 2 is 2.15 bits per heavy atom. The summed E-state index contributed by atoms with van der Waals surface area (Å²) in [5, 5.41) is 0.874. The molecule has 0 bridgehead atoms. The summed E-state index contributed by atoms with van der Waals surface area (Å²) in [6.45, 7) is 4.65. The van der Waals surface area contributed by atoms with E-state index in [0.717, 1.165) is 25.7 Å². The van der Waals surface area contributed by atoms with Gasteiger partial charge in [0.25, 0.3) is 0 Å². The van der Waals surface area contributed by atoms with E-state index in [1.807, 2.05) is 6.92 Å². The monoisotopic (exact) mass is 314 g/mol. The predicted molar refractivity (Wildman–Crippen MR) is 82.8 cm³/mol. The lowest BCUT2D eigenvalue weighted by molar-refractivity contribution is -0.0511. The van der Waals surface area contributed by atoms with Crippen molar-refractivity contribution in [2.75, 3.05) is 6.61 Å². The van der Waals surface area contributed by atoms with Crippen LogP contribution < -0.4 is 0 Å². The van der Waals surface area contributed by atoms with Gasteiger partial charge in [0.15, 0.2) is 5.78 Å². The molecule has 0 saturated heterocycles. The first-order chi connectivity index (χ1) is 9.48. The predicted octanol–water partition coefficient (Wildman–Crippen LogP) is 5.16. The topological polar surface area (TPSA) is 26.3 Å². The molecule has 0 heterocycles. The lowest BCUT2D eigenvalue weighted by Crippen LogP contribution is -2.45. The van der Waals surface area contributed by atoms with Crippen LogP contribution in [0.1, 0.15) is 49.9 Å². The lowest BCUT2D eigenvalue weighted by atomic mass is 9.75. The maximum absolute atomic E-state index is 12.9. The lowest BCUT2D eigenvalue weighted by Gasteiger charge is -2.38. The van der Waals surface area contributed by atoms with Crippen molar-refractivity contribution >= 4 is 29.0 Å². The molecule has 4 heteroatoms. The normalized spacial score (nSPS) is 26.5. The summed E-state index contributed by atoms with van der Waals surface area (Å²) in [6.07, 6.45) is 3.74. The SMILES string of the molecule is CCOC1(C(=O)c2ccc(Cl)c(Cl)c2)CCCC(C)C1. The molecule has 0 N–H and O–H groups in total. The van der Waals surface area contributed by atoms with Gasteiger partial charge in [0.1, 0.15) is 5.60 Å². The highest BCUT2D eigenvalue weighted by Gasteiger charge is 2.42. The summed E-state index contributed by atoms with van der Waals surface area (Å²) in [6, 6.07) is 5.05. The second-order valence-corrected chi connectivity index (χ2v) is 6.40. The van der Waals surface area contributed by atoms with Gasteiger partial charge < -0.3 is 4.74 Å². The number of carbonyl (C=O) groups is 1. The van der Waals surface area contributed by atoms with E-state index < -0.39 is 5.60 Å². The number of ketones is 1. The van der Waals surface area contributed by atoms with E-state index in [1.165, 1.54) is 0 Å². The van der Waals surface area contributed by atoms with Crippen molar-refractivity contribution in [1.82, 2.24) is 0 Å². The van der Waals surface area contributed by atoms with E-state index in [1.54, 1.807) is 18.2 Å². The Kier molecular flexibility index (Phi) is 5.11. The second kappa shape index (κ2) is 6.46. The van der Waals surface area contributed by atoms with E-state index in [4.69, 9.17) is 27.9 Å². The van der Waals surface area contributed by atoms with Crippen molar-refractivity contribution in [3.05, 3.63) is 33.8 Å². The Labute approximate surface area is 130 Å². The number of rotatable bonds is 4. The van der Waals surface area contributed by atoms with E-state index in [2.05, 4.69) is 6.92 Å². The Balaban J connectivity index is 2.33. The number of hydrogen-bond donors (Lipinski definition) is 0. The van der Waals surface area contributed by atoms with Crippen molar-refractivity contribution in [2.45, 2.75) is 45.1 Å². The summed E-state index contributed by atoms with van der Waals surface area (Å²) in [7, 11) is 0. The molecule has 0 radical (unpaired) electrons. The van der Waals surface area contributed by atoms with Crippen molar-refractivity contribution in [2.24, 2.45) is 5.92 Å². The third-order valence-corrected chi connectivity index (χ3v) is 4.71. The van der Waals surface area contributed by atoms with Crippen molar-refractivity contribution < 1.29 is 9.53 Å². The van der Waals surface area contributed by atoms with E-state index >= 15 is 0 Å². The van der Waals surface area contributed by atoms with Gasteiger partial charge >= 0.3 is 0 Å². The molecule has 0 spiro atoms. The van der Waals surface area contributed by atoms with Gasteiger partial charge in [0, 0.05) is 12.2 Å². The zero-order valence-corrected chi connectivity index (χ0v) is 13.4. The number of halogens is 2. The fourth-order valence-electron chi connectivity index (χ4n) is 3.08. The average Bonchev–Trinajstić information content (AvgIpc) is 2.41. The smallest absolute Gasteiger partial charge is 0.194 e. The zero-order chi connectivity index (χ0) is 14.8. The third kappa shape index (κ3) is 3.19. The highest BCUT2D eigenvalue weighted by atomic mass is 35.5. The molecule has 1 aliphatic rings. The van der Waals surface area contributed by atoms with E-state index in [0.29, 0.717) is 28.1 Å². The molecule has 1 saturated carbocycles. The molecule has 0 amide bonds. The number of ether oxygens (including phenoxy) is 1. The minimum absolute atomic E-state index is 0.0319. The molecule has 110 valence electrons. The zero-order valence-electron chi connectivity index (χ0n) is 11.9. The molecule has 1 aliphatic carbocycles. The largest absolute Gasteiger partial charge is 0.367 e. The van der Waals surface area contributed by atoms with Crippen LogP contribution in [0.5, 0.6) is 0 Å². The van der Waals surface area contributed by atoms with E-state index in [9.17, 15) is 4.79 Å². The minimum atomic E-state index is -0.691. The van der Waals surface area contributed by atoms with Crippen molar-refractivity contribution in [1.29, 1.82) is 0 Å². The molecule has 20 heavy (non-hydrogen) atoms. The van der Waals surface area contributed by atoms with Crippen LogP contribution in [0.2, 0.25) is 10.0 Å². The summed E-state index contributed by atoms with van der Waals surface area (Å²) in [5.41, 5.74) is -0.106. The van der Waals surface area contributed by atoms with Crippen LogP contribution in [-0.4, -0.2) is 18.0 Å². The fourth-order valence-corrected chi connectivity index (χ4v) is 3.38. The summed E-state index contributed by atoms with van der Waals surface area (Å²) < 4.78 is 5.90. The van der Waals surface area contributed by atoms with E-state index in [-0.39, 0.29) is 5.78 Å². The number of carbonyl (C=O) groups excluding carboxylic acids is 1. The molecule has 1 aromatic rings. The average molecular weight is 315 g/mol. The first-order valence-corrected chi connectivity index (χ1v) is 7.88. The second-order valence-electron chi connectivity index (χ2n) is 5.59. The van der Waals surface area contributed by atoms with Gasteiger partial charge in [0.05, 0.1) is 10.0 Å². The van der Waals surface area contributed by atoms with Gasteiger partial charge in [-0.1, -0.05) is 36.5 Å². The van der Waals surface area contributed by atoms with Crippen molar-refractivity contribution in [3.63, 3.8) is 0 Å². The maximum atomic E-state index is 12.9. The molecule has 1 fully saturated rings. The van der Waals surface area contributed by atoms with Gasteiger partial charge in [-0.25, -0.2) is 0 Å². The van der Waals surface area contributed by atoms with Crippen molar-refractivity contribution in [3.8, 4) is 0 Å². The summed E-state index contributed by atoms with van der Waals surface area (Å²) in [4.78, 5) is 12.9. The Morgan fingerprint density at radius 1 is 1.40 bits per heavy atom. The number of benzene rings is 1. The molecule has 2 rings (SSSR count). The Hall–Kier alpha value is -0.570. The Morgan fingerprint density at radius 3 is 2.75 bits per heavy atom. The van der Waals surface area contributed by atoms with Gasteiger partial charge in [-0.05, 0) is 50.3 Å². The first-order valence-electron chi connectivity index (χ1n) is 7.12. The molecule has 2 unspecified atom stereocenters. The quantitative estimate of drug-likeness (QED) is 0.717. The molecule has 2 nitrogen and oxygen atoms in total. The molecule has 1 aromatic carbocycles. The number of hydrogen-bond acceptors (Lipinski definition) is 2. The van der Waals surface area contributed by atoms with Crippen LogP contribution in [0, 0.1) is 5.92 Å². The minimum Gasteiger partial charge on any atom is -0.367 e. The van der Waals surface area contributed by atoms with Crippen LogP contribution in [0.4, 0.5) is 0 Å². The summed E-state index contributed by atoms with van der Waals surface area (Å²) >= 11 is 11.9. The van der Waals surface area contributed by atoms with Crippen LogP contribution in [0.15, 0.2) is 18.2 Å².